The molecule has 0 amide bonds. The normalized spacial score (nSPS) is 12.4. The van der Waals surface area contributed by atoms with Gasteiger partial charge in [0.25, 0.3) is 0 Å². The zero-order valence-electron chi connectivity index (χ0n) is 13.4. The molecule has 23 heavy (non-hydrogen) atoms. The van der Waals surface area contributed by atoms with Crippen LogP contribution in [0.15, 0.2) is 42.6 Å². The standard InChI is InChI=1S/C18H22F2N2O/c1-13-4-3-11-21-17(13)12-22-14(2)5-6-15-7-9-16(10-8-15)23-18(19)20/h3-4,7-11,14,18,22H,5-6,12H2,1-2H3. The second-order valence-electron chi connectivity index (χ2n) is 5.61. The SMILES string of the molecule is Cc1cccnc1CNC(C)CCc1ccc(OC(F)F)cc1. The molecule has 2 rings (SSSR count). The Morgan fingerprint density at radius 1 is 1.17 bits per heavy atom. The van der Waals surface area contributed by atoms with Gasteiger partial charge in [-0.05, 0) is 56.0 Å². The van der Waals surface area contributed by atoms with E-state index in [0.717, 1.165) is 30.6 Å². The molecule has 1 aromatic carbocycles. The third kappa shape index (κ3) is 5.94. The van der Waals surface area contributed by atoms with Crippen molar-refractivity contribution in [3.05, 3.63) is 59.4 Å². The number of aromatic nitrogens is 1. The predicted octanol–water partition coefficient (Wildman–Crippen LogP) is 4.10. The molecule has 1 N–H and O–H groups in total. The number of pyridine rings is 1. The first-order valence-corrected chi connectivity index (χ1v) is 7.72. The second kappa shape index (κ2) is 8.58. The van der Waals surface area contributed by atoms with Crippen LogP contribution in [-0.2, 0) is 13.0 Å². The van der Waals surface area contributed by atoms with Crippen LogP contribution in [0.1, 0.15) is 30.2 Å². The molecular formula is C18H22F2N2O. The lowest BCUT2D eigenvalue weighted by Crippen LogP contribution is -2.26. The van der Waals surface area contributed by atoms with E-state index in [0.29, 0.717) is 6.04 Å². The van der Waals surface area contributed by atoms with Crippen LogP contribution in [0.3, 0.4) is 0 Å². The summed E-state index contributed by atoms with van der Waals surface area (Å²) < 4.78 is 28.5. The van der Waals surface area contributed by atoms with Gasteiger partial charge >= 0.3 is 6.61 Å². The zero-order valence-corrected chi connectivity index (χ0v) is 13.4. The average molecular weight is 320 g/mol. The summed E-state index contributed by atoms with van der Waals surface area (Å²) in [6, 6.07) is 11.1. The molecule has 0 bridgehead atoms. The Kier molecular flexibility index (Phi) is 6.47. The number of nitrogens with one attached hydrogen (secondary N) is 1. The fourth-order valence-corrected chi connectivity index (χ4v) is 2.30. The highest BCUT2D eigenvalue weighted by Crippen LogP contribution is 2.16. The van der Waals surface area contributed by atoms with Crippen LogP contribution in [0.4, 0.5) is 8.78 Å². The Balaban J connectivity index is 1.75. The van der Waals surface area contributed by atoms with Crippen molar-refractivity contribution in [2.24, 2.45) is 0 Å². The van der Waals surface area contributed by atoms with E-state index in [9.17, 15) is 8.78 Å². The van der Waals surface area contributed by atoms with E-state index >= 15 is 0 Å². The number of alkyl halides is 2. The molecule has 0 saturated heterocycles. The fraction of sp³-hybridized carbons (Fsp3) is 0.389. The maximum atomic E-state index is 12.1. The molecule has 0 aliphatic rings. The van der Waals surface area contributed by atoms with E-state index in [4.69, 9.17) is 0 Å². The van der Waals surface area contributed by atoms with Crippen molar-refractivity contribution in [1.29, 1.82) is 0 Å². The number of nitrogens with zero attached hydrogens (tertiary/aromatic N) is 1. The van der Waals surface area contributed by atoms with Gasteiger partial charge in [-0.15, -0.1) is 0 Å². The summed E-state index contributed by atoms with van der Waals surface area (Å²) in [7, 11) is 0. The molecule has 1 atom stereocenters. The van der Waals surface area contributed by atoms with Crippen molar-refractivity contribution in [3.8, 4) is 5.75 Å². The largest absolute Gasteiger partial charge is 0.435 e. The van der Waals surface area contributed by atoms with E-state index in [1.807, 2.05) is 18.2 Å². The van der Waals surface area contributed by atoms with Crippen molar-refractivity contribution in [3.63, 3.8) is 0 Å². The van der Waals surface area contributed by atoms with E-state index in [1.165, 1.54) is 5.56 Å². The number of rotatable bonds is 8. The Labute approximate surface area is 135 Å². The van der Waals surface area contributed by atoms with Crippen LogP contribution in [0, 0.1) is 6.92 Å². The lowest BCUT2D eigenvalue weighted by Gasteiger charge is -2.14. The van der Waals surface area contributed by atoms with Crippen molar-refractivity contribution < 1.29 is 13.5 Å². The number of benzene rings is 1. The van der Waals surface area contributed by atoms with E-state index in [1.54, 1.807) is 18.3 Å². The smallest absolute Gasteiger partial charge is 0.387 e. The average Bonchev–Trinajstić information content (AvgIpc) is 2.53. The minimum absolute atomic E-state index is 0.195. The molecule has 1 unspecified atom stereocenters. The van der Waals surface area contributed by atoms with Gasteiger partial charge in [-0.1, -0.05) is 18.2 Å². The topological polar surface area (TPSA) is 34.2 Å². The summed E-state index contributed by atoms with van der Waals surface area (Å²) in [6.45, 7) is 2.15. The van der Waals surface area contributed by atoms with Crippen LogP contribution in [0.5, 0.6) is 5.75 Å². The van der Waals surface area contributed by atoms with Crippen molar-refractivity contribution in [2.75, 3.05) is 0 Å². The summed E-state index contributed by atoms with van der Waals surface area (Å²) in [4.78, 5) is 4.36. The molecule has 3 nitrogen and oxygen atoms in total. The molecule has 5 heteroatoms. The fourth-order valence-electron chi connectivity index (χ4n) is 2.30. The monoisotopic (exact) mass is 320 g/mol. The first-order valence-electron chi connectivity index (χ1n) is 7.72. The maximum absolute atomic E-state index is 12.1. The third-order valence-electron chi connectivity index (χ3n) is 3.75. The van der Waals surface area contributed by atoms with E-state index in [2.05, 4.69) is 35.0 Å². The summed E-state index contributed by atoms with van der Waals surface area (Å²) >= 11 is 0. The van der Waals surface area contributed by atoms with Crippen molar-refractivity contribution in [2.45, 2.75) is 45.9 Å². The first kappa shape index (κ1) is 17.3. The lowest BCUT2D eigenvalue weighted by atomic mass is 10.1. The van der Waals surface area contributed by atoms with Gasteiger partial charge < -0.3 is 10.1 Å². The van der Waals surface area contributed by atoms with Gasteiger partial charge in [0.15, 0.2) is 0 Å². The Bertz CT molecular complexity index is 602. The maximum Gasteiger partial charge on any atom is 0.387 e. The first-order chi connectivity index (χ1) is 11.0. The van der Waals surface area contributed by atoms with Gasteiger partial charge in [0.05, 0.1) is 5.69 Å². The van der Waals surface area contributed by atoms with Crippen molar-refractivity contribution >= 4 is 0 Å². The highest BCUT2D eigenvalue weighted by molar-refractivity contribution is 5.27. The van der Waals surface area contributed by atoms with Gasteiger partial charge in [0.2, 0.25) is 0 Å². The van der Waals surface area contributed by atoms with Gasteiger partial charge in [-0.25, -0.2) is 0 Å². The highest BCUT2D eigenvalue weighted by atomic mass is 19.3. The minimum atomic E-state index is -2.78. The Hall–Kier alpha value is -2.01. The molecule has 0 radical (unpaired) electrons. The van der Waals surface area contributed by atoms with E-state index in [-0.39, 0.29) is 5.75 Å². The summed E-state index contributed by atoms with van der Waals surface area (Å²) in [5.74, 6) is 0.195. The summed E-state index contributed by atoms with van der Waals surface area (Å²) in [5, 5.41) is 3.46. The quantitative estimate of drug-likeness (QED) is 0.795. The second-order valence-corrected chi connectivity index (χ2v) is 5.61. The number of aryl methyl sites for hydroxylation is 2. The summed E-state index contributed by atoms with van der Waals surface area (Å²) in [6.07, 6.45) is 3.64. The molecule has 0 aliphatic heterocycles. The lowest BCUT2D eigenvalue weighted by molar-refractivity contribution is -0.0498. The zero-order chi connectivity index (χ0) is 16.7. The number of halogens is 2. The molecule has 0 saturated carbocycles. The highest BCUT2D eigenvalue weighted by Gasteiger charge is 2.06. The molecule has 1 aromatic heterocycles. The minimum Gasteiger partial charge on any atom is -0.435 e. The Morgan fingerprint density at radius 3 is 2.57 bits per heavy atom. The van der Waals surface area contributed by atoms with Crippen LogP contribution >= 0.6 is 0 Å². The van der Waals surface area contributed by atoms with Crippen LogP contribution in [-0.4, -0.2) is 17.6 Å². The molecular weight excluding hydrogens is 298 g/mol. The number of ether oxygens (including phenoxy) is 1. The molecule has 0 fully saturated rings. The third-order valence-corrected chi connectivity index (χ3v) is 3.75. The van der Waals surface area contributed by atoms with Crippen molar-refractivity contribution in [1.82, 2.24) is 10.3 Å². The van der Waals surface area contributed by atoms with Gasteiger partial charge in [-0.2, -0.15) is 8.78 Å². The molecule has 1 heterocycles. The van der Waals surface area contributed by atoms with E-state index < -0.39 is 6.61 Å². The summed E-state index contributed by atoms with van der Waals surface area (Å²) in [5.41, 5.74) is 3.35. The van der Waals surface area contributed by atoms with Gasteiger partial charge in [0, 0.05) is 18.8 Å². The number of hydrogen-bond donors (Lipinski definition) is 1. The van der Waals surface area contributed by atoms with Gasteiger partial charge in [-0.3, -0.25) is 4.98 Å². The predicted molar refractivity (Wildman–Crippen MR) is 86.7 cm³/mol. The van der Waals surface area contributed by atoms with Crippen LogP contribution in [0.25, 0.3) is 0 Å². The Morgan fingerprint density at radius 2 is 1.91 bits per heavy atom. The number of hydrogen-bond acceptors (Lipinski definition) is 3. The van der Waals surface area contributed by atoms with Gasteiger partial charge in [0.1, 0.15) is 5.75 Å². The van der Waals surface area contributed by atoms with Crippen LogP contribution < -0.4 is 10.1 Å². The molecule has 0 aliphatic carbocycles. The molecule has 0 spiro atoms. The van der Waals surface area contributed by atoms with Crippen LogP contribution in [0.2, 0.25) is 0 Å². The molecule has 2 aromatic rings. The molecule has 124 valence electrons.